The van der Waals surface area contributed by atoms with Gasteiger partial charge in [-0.3, -0.25) is 0 Å². The molecule has 4 heteroatoms. The molecule has 0 radical (unpaired) electrons. The van der Waals surface area contributed by atoms with E-state index in [9.17, 15) is 4.79 Å². The van der Waals surface area contributed by atoms with Crippen molar-refractivity contribution in [3.63, 3.8) is 0 Å². The minimum absolute atomic E-state index is 0.146. The Kier molecular flexibility index (Phi) is 5.29. The van der Waals surface area contributed by atoms with Crippen LogP contribution in [0.2, 0.25) is 5.02 Å². The fourth-order valence-corrected chi connectivity index (χ4v) is 2.94. The first-order valence-corrected chi connectivity index (χ1v) is 7.71. The number of para-hydroxylation sites is 1. The van der Waals surface area contributed by atoms with Crippen LogP contribution in [0.5, 0.6) is 5.75 Å². The number of ether oxygens (including phenoxy) is 1. The third-order valence-electron chi connectivity index (χ3n) is 4.24. The quantitative estimate of drug-likeness (QED) is 0.824. The highest BCUT2D eigenvalue weighted by Gasteiger charge is 2.26. The van der Waals surface area contributed by atoms with Gasteiger partial charge in [0.15, 0.2) is 0 Å². The first kappa shape index (κ1) is 15.9. The van der Waals surface area contributed by atoms with Crippen molar-refractivity contribution in [1.82, 2.24) is 0 Å². The van der Waals surface area contributed by atoms with Crippen LogP contribution >= 0.6 is 11.6 Å². The molecule has 1 fully saturated rings. The highest BCUT2D eigenvalue weighted by molar-refractivity contribution is 6.32. The van der Waals surface area contributed by atoms with Crippen molar-refractivity contribution in [1.29, 1.82) is 0 Å². The average Bonchev–Trinajstić information content (AvgIpc) is 2.43. The molecule has 3 atom stereocenters. The van der Waals surface area contributed by atoms with Crippen LogP contribution in [0.25, 0.3) is 6.08 Å². The molecule has 1 saturated carbocycles. The lowest BCUT2D eigenvalue weighted by molar-refractivity contribution is -0.131. The third kappa shape index (κ3) is 4.24. The van der Waals surface area contributed by atoms with E-state index in [4.69, 9.17) is 21.4 Å². The van der Waals surface area contributed by atoms with Crippen LogP contribution in [0.3, 0.4) is 0 Å². The van der Waals surface area contributed by atoms with Gasteiger partial charge in [-0.25, -0.2) is 4.79 Å². The van der Waals surface area contributed by atoms with Gasteiger partial charge in [-0.05, 0) is 43.2 Å². The molecule has 3 unspecified atom stereocenters. The summed E-state index contributed by atoms with van der Waals surface area (Å²) in [6, 6.07) is 5.38. The van der Waals surface area contributed by atoms with E-state index in [2.05, 4.69) is 13.8 Å². The molecule has 1 aromatic rings. The van der Waals surface area contributed by atoms with Crippen LogP contribution in [0.1, 0.15) is 38.7 Å². The van der Waals surface area contributed by atoms with Gasteiger partial charge in [-0.1, -0.05) is 37.6 Å². The molecule has 0 saturated heterocycles. The first-order chi connectivity index (χ1) is 9.97. The van der Waals surface area contributed by atoms with Crippen LogP contribution in [0.15, 0.2) is 24.3 Å². The number of carboxylic acids is 1. The van der Waals surface area contributed by atoms with Crippen LogP contribution in [-0.4, -0.2) is 17.2 Å². The molecule has 0 heterocycles. The molecule has 1 aliphatic rings. The zero-order valence-electron chi connectivity index (χ0n) is 12.4. The number of hydrogen-bond acceptors (Lipinski definition) is 2. The number of aliphatic carboxylic acids is 1. The predicted molar refractivity (Wildman–Crippen MR) is 84.7 cm³/mol. The van der Waals surface area contributed by atoms with Gasteiger partial charge in [0.2, 0.25) is 0 Å². The van der Waals surface area contributed by atoms with Gasteiger partial charge in [-0.15, -0.1) is 0 Å². The molecule has 1 aromatic carbocycles. The summed E-state index contributed by atoms with van der Waals surface area (Å²) < 4.78 is 6.09. The second-order valence-corrected chi connectivity index (χ2v) is 6.24. The smallest absolute Gasteiger partial charge is 0.328 e. The lowest BCUT2D eigenvalue weighted by atomic mass is 9.80. The maximum Gasteiger partial charge on any atom is 0.328 e. The van der Waals surface area contributed by atoms with Crippen molar-refractivity contribution < 1.29 is 14.6 Å². The minimum Gasteiger partial charge on any atom is -0.488 e. The molecule has 114 valence electrons. The van der Waals surface area contributed by atoms with E-state index in [0.29, 0.717) is 22.3 Å². The molecule has 0 aliphatic heterocycles. The van der Waals surface area contributed by atoms with E-state index < -0.39 is 5.97 Å². The summed E-state index contributed by atoms with van der Waals surface area (Å²) in [5.41, 5.74) is 0.705. The second-order valence-electron chi connectivity index (χ2n) is 5.84. The van der Waals surface area contributed by atoms with Gasteiger partial charge in [0, 0.05) is 11.6 Å². The summed E-state index contributed by atoms with van der Waals surface area (Å²) in [7, 11) is 0. The fourth-order valence-electron chi connectivity index (χ4n) is 2.71. The highest BCUT2D eigenvalue weighted by atomic mass is 35.5. The van der Waals surface area contributed by atoms with Crippen molar-refractivity contribution in [2.75, 3.05) is 0 Å². The number of halogens is 1. The molecule has 3 nitrogen and oxygen atoms in total. The zero-order valence-corrected chi connectivity index (χ0v) is 13.1. The van der Waals surface area contributed by atoms with Crippen molar-refractivity contribution in [2.24, 2.45) is 11.8 Å². The Balaban J connectivity index is 2.17. The minimum atomic E-state index is -0.985. The van der Waals surface area contributed by atoms with Crippen molar-refractivity contribution in [2.45, 2.75) is 39.2 Å². The SMILES string of the molecule is CC1CCC(Oc2c(Cl)cccc2/C=C/C(=O)O)CC1C. The van der Waals surface area contributed by atoms with Gasteiger partial charge >= 0.3 is 5.97 Å². The lowest BCUT2D eigenvalue weighted by Gasteiger charge is -2.32. The van der Waals surface area contributed by atoms with E-state index in [1.54, 1.807) is 12.1 Å². The third-order valence-corrected chi connectivity index (χ3v) is 4.54. The van der Waals surface area contributed by atoms with Crippen LogP contribution in [0.4, 0.5) is 0 Å². The monoisotopic (exact) mass is 308 g/mol. The Morgan fingerprint density at radius 1 is 1.33 bits per heavy atom. The number of hydrogen-bond donors (Lipinski definition) is 1. The summed E-state index contributed by atoms with van der Waals surface area (Å²) in [5, 5.41) is 9.28. The topological polar surface area (TPSA) is 46.5 Å². The van der Waals surface area contributed by atoms with Crippen molar-refractivity contribution in [3.05, 3.63) is 34.9 Å². The standard InChI is InChI=1S/C17H21ClO3/c1-11-6-8-14(10-12(11)2)21-17-13(7-9-16(19)20)4-3-5-15(17)18/h3-5,7,9,11-12,14H,6,8,10H2,1-2H3,(H,19,20)/b9-7+. The molecule has 2 rings (SSSR count). The maximum atomic E-state index is 10.7. The summed E-state index contributed by atoms with van der Waals surface area (Å²) in [6.45, 7) is 4.52. The second kappa shape index (κ2) is 6.99. The number of carboxylic acid groups (broad SMARTS) is 1. The Hall–Kier alpha value is -1.48. The lowest BCUT2D eigenvalue weighted by Crippen LogP contribution is -2.29. The molecule has 0 bridgehead atoms. The van der Waals surface area contributed by atoms with Crippen LogP contribution in [-0.2, 0) is 4.79 Å². The normalized spacial score (nSPS) is 26.0. The Morgan fingerprint density at radius 2 is 2.10 bits per heavy atom. The first-order valence-electron chi connectivity index (χ1n) is 7.33. The predicted octanol–water partition coefficient (Wildman–Crippen LogP) is 4.64. The Morgan fingerprint density at radius 3 is 2.76 bits per heavy atom. The van der Waals surface area contributed by atoms with E-state index >= 15 is 0 Å². The molecule has 0 spiro atoms. The van der Waals surface area contributed by atoms with Gasteiger partial charge in [0.25, 0.3) is 0 Å². The molecule has 0 amide bonds. The Labute approximate surface area is 130 Å². The fraction of sp³-hybridized carbons (Fsp3) is 0.471. The molecule has 1 aliphatic carbocycles. The van der Waals surface area contributed by atoms with E-state index in [-0.39, 0.29) is 6.10 Å². The highest BCUT2D eigenvalue weighted by Crippen LogP contribution is 2.36. The van der Waals surface area contributed by atoms with Gasteiger partial charge in [0.05, 0.1) is 11.1 Å². The van der Waals surface area contributed by atoms with Crippen molar-refractivity contribution in [3.8, 4) is 5.75 Å². The van der Waals surface area contributed by atoms with Crippen LogP contribution < -0.4 is 4.74 Å². The Bertz CT molecular complexity index is 539. The van der Waals surface area contributed by atoms with Gasteiger partial charge in [-0.2, -0.15) is 0 Å². The van der Waals surface area contributed by atoms with Gasteiger partial charge < -0.3 is 9.84 Å². The molecular formula is C17H21ClO3. The summed E-state index contributed by atoms with van der Waals surface area (Å²) in [6.07, 6.45) is 5.94. The summed E-state index contributed by atoms with van der Waals surface area (Å²) in [5.74, 6) is 0.955. The van der Waals surface area contributed by atoms with Crippen LogP contribution in [0, 0.1) is 11.8 Å². The largest absolute Gasteiger partial charge is 0.488 e. The van der Waals surface area contributed by atoms with E-state index in [0.717, 1.165) is 31.3 Å². The van der Waals surface area contributed by atoms with E-state index in [1.807, 2.05) is 6.07 Å². The number of rotatable bonds is 4. The summed E-state index contributed by atoms with van der Waals surface area (Å²) in [4.78, 5) is 10.7. The molecular weight excluding hydrogens is 288 g/mol. The van der Waals surface area contributed by atoms with Crippen molar-refractivity contribution >= 4 is 23.6 Å². The zero-order chi connectivity index (χ0) is 15.4. The maximum absolute atomic E-state index is 10.7. The van der Waals surface area contributed by atoms with E-state index in [1.165, 1.54) is 6.08 Å². The average molecular weight is 309 g/mol. The molecule has 0 aromatic heterocycles. The van der Waals surface area contributed by atoms with Gasteiger partial charge in [0.1, 0.15) is 5.75 Å². The molecule has 21 heavy (non-hydrogen) atoms. The number of benzene rings is 1. The number of carbonyl (C=O) groups is 1. The summed E-state index contributed by atoms with van der Waals surface area (Å²) >= 11 is 6.22. The molecule has 1 N–H and O–H groups in total.